The Kier molecular flexibility index (Phi) is 4.10. The first-order chi connectivity index (χ1) is 8.44. The summed E-state index contributed by atoms with van der Waals surface area (Å²) in [6.45, 7) is 9.85. The molecule has 0 saturated heterocycles. The van der Waals surface area contributed by atoms with E-state index in [1.807, 2.05) is 6.20 Å². The number of hydrogen-bond donors (Lipinski definition) is 1. The van der Waals surface area contributed by atoms with E-state index in [1.54, 1.807) is 0 Å². The minimum absolute atomic E-state index is 0.168. The molecule has 2 unspecified atom stereocenters. The summed E-state index contributed by atoms with van der Waals surface area (Å²) in [5.74, 6) is 0.851. The highest BCUT2D eigenvalue weighted by molar-refractivity contribution is 5.05. The van der Waals surface area contributed by atoms with Crippen LogP contribution < -0.4 is 5.32 Å². The van der Waals surface area contributed by atoms with Gasteiger partial charge in [-0.15, -0.1) is 0 Å². The quantitative estimate of drug-likeness (QED) is 0.888. The average Bonchev–Trinajstić information content (AvgIpc) is 2.74. The van der Waals surface area contributed by atoms with Gasteiger partial charge in [0.2, 0.25) is 0 Å². The molecule has 1 aromatic heterocycles. The van der Waals surface area contributed by atoms with Crippen LogP contribution in [0.1, 0.15) is 65.0 Å². The molecule has 0 aromatic carbocycles. The first-order valence-corrected chi connectivity index (χ1v) is 7.22. The van der Waals surface area contributed by atoms with Crippen LogP contribution in [0.25, 0.3) is 0 Å². The molecule has 2 atom stereocenters. The van der Waals surface area contributed by atoms with E-state index in [0.717, 1.165) is 12.5 Å². The van der Waals surface area contributed by atoms with Crippen LogP contribution in [-0.4, -0.2) is 15.3 Å². The van der Waals surface area contributed by atoms with Crippen molar-refractivity contribution in [2.45, 2.75) is 71.5 Å². The zero-order valence-corrected chi connectivity index (χ0v) is 12.2. The normalized spacial score (nSPS) is 25.3. The first-order valence-electron chi connectivity index (χ1n) is 7.22. The molecule has 0 bridgehead atoms. The van der Waals surface area contributed by atoms with Crippen LogP contribution in [0.4, 0.5) is 0 Å². The van der Waals surface area contributed by atoms with Crippen LogP contribution in [0.3, 0.4) is 0 Å². The van der Waals surface area contributed by atoms with Gasteiger partial charge in [0.1, 0.15) is 0 Å². The van der Waals surface area contributed by atoms with Gasteiger partial charge in [0.25, 0.3) is 0 Å². The van der Waals surface area contributed by atoms with Crippen LogP contribution in [0.2, 0.25) is 0 Å². The Morgan fingerprint density at radius 1 is 1.39 bits per heavy atom. The van der Waals surface area contributed by atoms with E-state index in [2.05, 4.69) is 49.0 Å². The second kappa shape index (κ2) is 5.43. The third-order valence-electron chi connectivity index (χ3n) is 3.76. The van der Waals surface area contributed by atoms with E-state index in [-0.39, 0.29) is 5.54 Å². The van der Waals surface area contributed by atoms with Gasteiger partial charge in [-0.1, -0.05) is 19.8 Å². The molecule has 18 heavy (non-hydrogen) atoms. The van der Waals surface area contributed by atoms with Crippen LogP contribution in [0.15, 0.2) is 12.4 Å². The Morgan fingerprint density at radius 3 is 2.83 bits per heavy atom. The van der Waals surface area contributed by atoms with E-state index in [1.165, 1.54) is 31.2 Å². The van der Waals surface area contributed by atoms with E-state index in [9.17, 15) is 0 Å². The predicted molar refractivity (Wildman–Crippen MR) is 75.5 cm³/mol. The topological polar surface area (TPSA) is 29.9 Å². The van der Waals surface area contributed by atoms with Gasteiger partial charge in [-0.2, -0.15) is 5.10 Å². The van der Waals surface area contributed by atoms with Gasteiger partial charge in [-0.05, 0) is 39.5 Å². The van der Waals surface area contributed by atoms with E-state index in [4.69, 9.17) is 0 Å². The van der Waals surface area contributed by atoms with Gasteiger partial charge in [0.05, 0.1) is 12.2 Å². The summed E-state index contributed by atoms with van der Waals surface area (Å²) >= 11 is 0. The molecule has 1 N–H and O–H groups in total. The molecule has 0 spiro atoms. The van der Waals surface area contributed by atoms with E-state index in [0.29, 0.717) is 6.04 Å². The van der Waals surface area contributed by atoms with Crippen LogP contribution >= 0.6 is 0 Å². The molecule has 102 valence electrons. The summed E-state index contributed by atoms with van der Waals surface area (Å²) in [7, 11) is 0. The number of hydrogen-bond acceptors (Lipinski definition) is 2. The summed E-state index contributed by atoms with van der Waals surface area (Å²) in [5.41, 5.74) is 1.46. The van der Waals surface area contributed by atoms with Gasteiger partial charge < -0.3 is 5.32 Å². The van der Waals surface area contributed by atoms with Crippen molar-refractivity contribution in [3.05, 3.63) is 18.0 Å². The molecule has 0 aliphatic heterocycles. The minimum Gasteiger partial charge on any atom is -0.308 e. The summed E-state index contributed by atoms with van der Waals surface area (Å²) in [5, 5.41) is 8.06. The predicted octanol–water partition coefficient (Wildman–Crippen LogP) is 3.52. The molecule has 3 heteroatoms. The Hall–Kier alpha value is -0.830. The minimum atomic E-state index is 0.168. The Balaban J connectivity index is 1.93. The van der Waals surface area contributed by atoms with Crippen LogP contribution in [0, 0.1) is 5.92 Å². The lowest BCUT2D eigenvalue weighted by atomic mass is 9.87. The summed E-state index contributed by atoms with van der Waals surface area (Å²) in [4.78, 5) is 0. The smallest absolute Gasteiger partial charge is 0.0534 e. The lowest BCUT2D eigenvalue weighted by Gasteiger charge is -2.26. The molecular weight excluding hydrogens is 222 g/mol. The van der Waals surface area contributed by atoms with E-state index < -0.39 is 0 Å². The fraction of sp³-hybridized carbons (Fsp3) is 0.800. The van der Waals surface area contributed by atoms with Gasteiger partial charge in [0, 0.05) is 23.8 Å². The Labute approximate surface area is 111 Å². The van der Waals surface area contributed by atoms with Crippen molar-refractivity contribution >= 4 is 0 Å². The van der Waals surface area contributed by atoms with Crippen molar-refractivity contribution in [1.82, 2.24) is 15.1 Å². The average molecular weight is 249 g/mol. The fourth-order valence-corrected chi connectivity index (χ4v) is 2.68. The number of nitrogens with zero attached hydrogens (tertiary/aromatic N) is 2. The van der Waals surface area contributed by atoms with E-state index >= 15 is 0 Å². The highest BCUT2D eigenvalue weighted by Gasteiger charge is 2.21. The van der Waals surface area contributed by atoms with Gasteiger partial charge in [-0.3, -0.25) is 4.68 Å². The van der Waals surface area contributed by atoms with Gasteiger partial charge in [0.15, 0.2) is 0 Å². The molecule has 1 aromatic rings. The highest BCUT2D eigenvalue weighted by atomic mass is 15.3. The summed E-state index contributed by atoms with van der Waals surface area (Å²) in [6.07, 6.45) is 9.54. The molecular formula is C15H27N3. The molecule has 1 saturated carbocycles. The Morgan fingerprint density at radius 2 is 2.17 bits per heavy atom. The highest BCUT2D eigenvalue weighted by Crippen LogP contribution is 2.31. The zero-order valence-electron chi connectivity index (χ0n) is 12.2. The maximum atomic E-state index is 4.55. The number of rotatable bonds is 3. The second-order valence-corrected chi connectivity index (χ2v) is 6.86. The summed E-state index contributed by atoms with van der Waals surface area (Å²) < 4.78 is 2.19. The Bertz CT molecular complexity index is 375. The molecule has 0 radical (unpaired) electrons. The third kappa shape index (κ3) is 3.84. The van der Waals surface area contributed by atoms with Crippen molar-refractivity contribution in [2.24, 2.45) is 5.92 Å². The monoisotopic (exact) mass is 249 g/mol. The maximum absolute atomic E-state index is 4.55. The first kappa shape index (κ1) is 13.6. The number of aromatic nitrogens is 2. The maximum Gasteiger partial charge on any atom is 0.0534 e. The van der Waals surface area contributed by atoms with Gasteiger partial charge >= 0.3 is 0 Å². The van der Waals surface area contributed by atoms with Gasteiger partial charge in [-0.25, -0.2) is 0 Å². The lowest BCUT2D eigenvalue weighted by Crippen LogP contribution is -2.34. The molecule has 2 rings (SSSR count). The SMILES string of the molecule is CC1CCCC(n2cc(CNC(C)(C)C)cn2)C1. The molecule has 0 amide bonds. The van der Waals surface area contributed by atoms with Crippen molar-refractivity contribution in [2.75, 3.05) is 0 Å². The number of nitrogens with one attached hydrogen (secondary N) is 1. The standard InChI is InChI=1S/C15H27N3/c1-12-6-5-7-14(8-12)18-11-13(10-17-18)9-16-15(2,3)4/h10-12,14,16H,5-9H2,1-4H3. The fourth-order valence-electron chi connectivity index (χ4n) is 2.68. The van der Waals surface area contributed by atoms with Crippen molar-refractivity contribution in [3.8, 4) is 0 Å². The summed E-state index contributed by atoms with van der Waals surface area (Å²) in [6, 6.07) is 0.622. The lowest BCUT2D eigenvalue weighted by molar-refractivity contribution is 0.266. The van der Waals surface area contributed by atoms with Crippen molar-refractivity contribution in [3.63, 3.8) is 0 Å². The molecule has 1 aliphatic rings. The molecule has 3 nitrogen and oxygen atoms in total. The zero-order chi connectivity index (χ0) is 13.2. The molecule has 1 aliphatic carbocycles. The third-order valence-corrected chi connectivity index (χ3v) is 3.76. The van der Waals surface area contributed by atoms with Crippen LogP contribution in [0.5, 0.6) is 0 Å². The largest absolute Gasteiger partial charge is 0.308 e. The van der Waals surface area contributed by atoms with Crippen LogP contribution in [-0.2, 0) is 6.54 Å². The van der Waals surface area contributed by atoms with Crippen molar-refractivity contribution in [1.29, 1.82) is 0 Å². The second-order valence-electron chi connectivity index (χ2n) is 6.86. The van der Waals surface area contributed by atoms with Crippen molar-refractivity contribution < 1.29 is 0 Å². The molecule has 1 heterocycles. The molecule has 1 fully saturated rings.